The minimum absolute atomic E-state index is 0.405. The first-order chi connectivity index (χ1) is 13.2. The van der Waals surface area contributed by atoms with Gasteiger partial charge in [0.05, 0.1) is 0 Å². The Morgan fingerprint density at radius 3 is 1.67 bits per heavy atom. The lowest BCUT2D eigenvalue weighted by atomic mass is 9.96. The number of hydrogen-bond donors (Lipinski definition) is 0. The van der Waals surface area contributed by atoms with Crippen LogP contribution in [0.15, 0.2) is 0 Å². The highest BCUT2D eigenvalue weighted by Crippen LogP contribution is 2.19. The normalized spacial score (nSPS) is 15.4. The van der Waals surface area contributed by atoms with Gasteiger partial charge in [-0.1, -0.05) is 110 Å². The van der Waals surface area contributed by atoms with Crippen molar-refractivity contribution >= 4 is 5.91 Å². The molecule has 1 aliphatic heterocycles. The Labute approximate surface area is 170 Å². The van der Waals surface area contributed by atoms with Crippen LogP contribution < -0.4 is 0 Å². The second-order valence-corrected chi connectivity index (χ2v) is 9.12. The summed E-state index contributed by atoms with van der Waals surface area (Å²) in [4.78, 5) is 14.0. The molecule has 0 aromatic rings. The fourth-order valence-electron chi connectivity index (χ4n) is 4.37. The van der Waals surface area contributed by atoms with Crippen LogP contribution in [-0.4, -0.2) is 23.9 Å². The minimum Gasteiger partial charge on any atom is -0.343 e. The van der Waals surface area contributed by atoms with Crippen molar-refractivity contribution < 1.29 is 4.79 Å². The standard InChI is InChI=1S/C25H49NO/c1-3-4-5-11-14-19-24(2)20-15-12-9-7-6-8-10-13-16-21-25(27)26-22-17-18-23-26/h24H,3-23H2,1-2H3. The fourth-order valence-corrected chi connectivity index (χ4v) is 4.37. The van der Waals surface area contributed by atoms with E-state index in [1.165, 1.54) is 109 Å². The van der Waals surface area contributed by atoms with E-state index in [4.69, 9.17) is 0 Å². The van der Waals surface area contributed by atoms with Gasteiger partial charge in [-0.2, -0.15) is 0 Å². The Morgan fingerprint density at radius 1 is 0.704 bits per heavy atom. The summed E-state index contributed by atoms with van der Waals surface area (Å²) in [5.41, 5.74) is 0. The van der Waals surface area contributed by atoms with Gasteiger partial charge in [0.2, 0.25) is 5.91 Å². The van der Waals surface area contributed by atoms with E-state index in [0.29, 0.717) is 5.91 Å². The van der Waals surface area contributed by atoms with Gasteiger partial charge in [0, 0.05) is 19.5 Å². The molecular weight excluding hydrogens is 330 g/mol. The van der Waals surface area contributed by atoms with E-state index >= 15 is 0 Å². The Morgan fingerprint density at radius 2 is 1.15 bits per heavy atom. The highest BCUT2D eigenvalue weighted by atomic mass is 16.2. The van der Waals surface area contributed by atoms with E-state index in [1.807, 2.05) is 0 Å². The highest BCUT2D eigenvalue weighted by Gasteiger charge is 2.16. The first kappa shape index (κ1) is 24.5. The van der Waals surface area contributed by atoms with Crippen LogP contribution in [-0.2, 0) is 4.79 Å². The molecule has 1 heterocycles. The van der Waals surface area contributed by atoms with Crippen LogP contribution in [0.4, 0.5) is 0 Å². The van der Waals surface area contributed by atoms with Gasteiger partial charge in [0.25, 0.3) is 0 Å². The predicted octanol–water partition coefficient (Wildman–Crippen LogP) is 7.90. The predicted molar refractivity (Wildman–Crippen MR) is 119 cm³/mol. The third-order valence-corrected chi connectivity index (χ3v) is 6.35. The molecule has 160 valence electrons. The maximum absolute atomic E-state index is 12.0. The second kappa shape index (κ2) is 17.6. The van der Waals surface area contributed by atoms with Crippen LogP contribution in [0, 0.1) is 5.92 Å². The number of carbonyl (C=O) groups excluding carboxylic acids is 1. The zero-order valence-corrected chi connectivity index (χ0v) is 18.8. The maximum Gasteiger partial charge on any atom is 0.222 e. The lowest BCUT2D eigenvalue weighted by molar-refractivity contribution is -0.130. The van der Waals surface area contributed by atoms with Gasteiger partial charge >= 0.3 is 0 Å². The summed E-state index contributed by atoms with van der Waals surface area (Å²) in [5, 5.41) is 0. The van der Waals surface area contributed by atoms with Gasteiger partial charge in [-0.25, -0.2) is 0 Å². The third kappa shape index (κ3) is 14.2. The lowest BCUT2D eigenvalue weighted by Crippen LogP contribution is -2.27. The van der Waals surface area contributed by atoms with Crippen molar-refractivity contribution in [3.8, 4) is 0 Å². The second-order valence-electron chi connectivity index (χ2n) is 9.12. The summed E-state index contributed by atoms with van der Waals surface area (Å²) in [6.45, 7) is 6.77. The number of likely N-dealkylation sites (tertiary alicyclic amines) is 1. The lowest BCUT2D eigenvalue weighted by Gasteiger charge is -2.14. The van der Waals surface area contributed by atoms with E-state index < -0.39 is 0 Å². The van der Waals surface area contributed by atoms with Gasteiger partial charge in [-0.05, 0) is 25.2 Å². The summed E-state index contributed by atoms with van der Waals surface area (Å²) in [6.07, 6.45) is 25.4. The van der Waals surface area contributed by atoms with Crippen LogP contribution in [0.3, 0.4) is 0 Å². The highest BCUT2D eigenvalue weighted by molar-refractivity contribution is 5.76. The Bertz CT molecular complexity index is 335. The molecule has 0 aliphatic carbocycles. The summed E-state index contributed by atoms with van der Waals surface area (Å²) in [5.74, 6) is 1.34. The largest absolute Gasteiger partial charge is 0.343 e. The van der Waals surface area contributed by atoms with Crippen LogP contribution >= 0.6 is 0 Å². The van der Waals surface area contributed by atoms with Crippen molar-refractivity contribution in [2.24, 2.45) is 5.92 Å². The number of hydrogen-bond acceptors (Lipinski definition) is 1. The van der Waals surface area contributed by atoms with Crippen molar-refractivity contribution in [1.82, 2.24) is 4.90 Å². The average molecular weight is 380 g/mol. The number of amides is 1. The maximum atomic E-state index is 12.0. The van der Waals surface area contributed by atoms with Crippen molar-refractivity contribution in [1.29, 1.82) is 0 Å². The molecule has 0 bridgehead atoms. The van der Waals surface area contributed by atoms with Gasteiger partial charge in [-0.15, -0.1) is 0 Å². The molecule has 1 unspecified atom stereocenters. The molecule has 1 amide bonds. The molecule has 2 nitrogen and oxygen atoms in total. The molecule has 1 rings (SSSR count). The van der Waals surface area contributed by atoms with Gasteiger partial charge < -0.3 is 4.90 Å². The molecular formula is C25H49NO. The first-order valence-corrected chi connectivity index (χ1v) is 12.5. The molecule has 27 heavy (non-hydrogen) atoms. The molecule has 0 aromatic carbocycles. The van der Waals surface area contributed by atoms with Crippen LogP contribution in [0.1, 0.15) is 136 Å². The third-order valence-electron chi connectivity index (χ3n) is 6.35. The van der Waals surface area contributed by atoms with Crippen molar-refractivity contribution in [3.63, 3.8) is 0 Å². The number of rotatable bonds is 18. The van der Waals surface area contributed by atoms with Crippen molar-refractivity contribution in [2.45, 2.75) is 136 Å². The fraction of sp³-hybridized carbons (Fsp3) is 0.960. The molecule has 0 spiro atoms. The molecule has 1 aliphatic rings. The van der Waals surface area contributed by atoms with Crippen LogP contribution in [0.5, 0.6) is 0 Å². The molecule has 1 saturated heterocycles. The number of carbonyl (C=O) groups is 1. The Kier molecular flexibility index (Phi) is 15.9. The molecule has 1 fully saturated rings. The Balaban J connectivity index is 1.75. The summed E-state index contributed by atoms with van der Waals surface area (Å²) in [7, 11) is 0. The van der Waals surface area contributed by atoms with E-state index in [0.717, 1.165) is 31.8 Å². The number of nitrogens with zero attached hydrogens (tertiary/aromatic N) is 1. The van der Waals surface area contributed by atoms with E-state index in [1.54, 1.807) is 0 Å². The monoisotopic (exact) mass is 379 g/mol. The summed E-state index contributed by atoms with van der Waals surface area (Å²) in [6, 6.07) is 0. The molecule has 2 heteroatoms. The number of unbranched alkanes of at least 4 members (excludes halogenated alkanes) is 12. The first-order valence-electron chi connectivity index (χ1n) is 12.5. The summed E-state index contributed by atoms with van der Waals surface area (Å²) >= 11 is 0. The molecule has 1 atom stereocenters. The zero-order chi connectivity index (χ0) is 19.6. The SMILES string of the molecule is CCCCCCCC(C)CCCCCCCCCCCC(=O)N1CCCC1. The molecule has 0 N–H and O–H groups in total. The van der Waals surface area contributed by atoms with E-state index in [9.17, 15) is 4.79 Å². The van der Waals surface area contributed by atoms with Gasteiger partial charge in [-0.3, -0.25) is 4.79 Å². The van der Waals surface area contributed by atoms with Crippen molar-refractivity contribution in [3.05, 3.63) is 0 Å². The van der Waals surface area contributed by atoms with E-state index in [-0.39, 0.29) is 0 Å². The minimum atomic E-state index is 0.405. The van der Waals surface area contributed by atoms with Crippen LogP contribution in [0.2, 0.25) is 0 Å². The van der Waals surface area contributed by atoms with Crippen molar-refractivity contribution in [2.75, 3.05) is 13.1 Å². The smallest absolute Gasteiger partial charge is 0.222 e. The summed E-state index contributed by atoms with van der Waals surface area (Å²) < 4.78 is 0. The molecule has 0 saturated carbocycles. The van der Waals surface area contributed by atoms with E-state index in [2.05, 4.69) is 18.7 Å². The van der Waals surface area contributed by atoms with Gasteiger partial charge in [0.1, 0.15) is 0 Å². The van der Waals surface area contributed by atoms with Crippen LogP contribution in [0.25, 0.3) is 0 Å². The quantitative estimate of drug-likeness (QED) is 0.222. The Hall–Kier alpha value is -0.530. The molecule has 0 aromatic heterocycles. The zero-order valence-electron chi connectivity index (χ0n) is 18.8. The topological polar surface area (TPSA) is 20.3 Å². The average Bonchev–Trinajstić information content (AvgIpc) is 3.20. The van der Waals surface area contributed by atoms with Gasteiger partial charge in [0.15, 0.2) is 0 Å². The molecule has 0 radical (unpaired) electrons.